The highest BCUT2D eigenvalue weighted by molar-refractivity contribution is 4.44. The van der Waals surface area contributed by atoms with E-state index in [1.54, 1.807) is 0 Å². The second-order valence-electron chi connectivity index (χ2n) is 1.95. The fourth-order valence-corrected chi connectivity index (χ4v) is 0.408. The minimum Gasteiger partial charge on any atom is -0.309 e. The summed E-state index contributed by atoms with van der Waals surface area (Å²) in [6.45, 7) is 6.36. The van der Waals surface area contributed by atoms with Crippen molar-refractivity contribution in [3.63, 3.8) is 0 Å². The van der Waals surface area contributed by atoms with Crippen LogP contribution < -0.4 is 0 Å². The molecule has 0 N–H and O–H groups in total. The summed E-state index contributed by atoms with van der Waals surface area (Å²) in [5.74, 6) is 0. The Morgan fingerprint density at radius 3 is 2.14 bits per heavy atom. The molecule has 0 saturated heterocycles. The van der Waals surface area contributed by atoms with Crippen molar-refractivity contribution in [3.05, 3.63) is 6.92 Å². The molecule has 0 heterocycles. The van der Waals surface area contributed by atoms with Gasteiger partial charge in [-0.25, -0.2) is 0 Å². The maximum atomic E-state index is 5.25. The maximum Gasteiger partial charge on any atom is -0.00247 e. The fourth-order valence-electron chi connectivity index (χ4n) is 0.408. The third-order valence-corrected chi connectivity index (χ3v) is 0.809. The van der Waals surface area contributed by atoms with Gasteiger partial charge in [0.1, 0.15) is 0 Å². The molecule has 1 nitrogen and oxygen atoms in total. The van der Waals surface area contributed by atoms with Crippen molar-refractivity contribution in [2.24, 2.45) is 0 Å². The van der Waals surface area contributed by atoms with E-state index in [0.717, 1.165) is 19.4 Å². The molecular weight excluding hydrogens is 86.1 g/mol. The van der Waals surface area contributed by atoms with Gasteiger partial charge >= 0.3 is 0 Å². The summed E-state index contributed by atoms with van der Waals surface area (Å²) < 4.78 is 0. The predicted molar refractivity (Wildman–Crippen MR) is 32.1 cm³/mol. The molecule has 0 spiro atoms. The van der Waals surface area contributed by atoms with Crippen LogP contribution in [0.2, 0.25) is 0 Å². The van der Waals surface area contributed by atoms with Crippen LogP contribution in [0.15, 0.2) is 0 Å². The highest BCUT2D eigenvalue weighted by Gasteiger charge is 1.83. The zero-order valence-electron chi connectivity index (χ0n) is 5.15. The molecule has 0 aromatic carbocycles. The molecule has 0 fully saturated rings. The third kappa shape index (κ3) is 5.96. The molecule has 0 aliphatic rings. The lowest BCUT2D eigenvalue weighted by atomic mass is 10.3. The summed E-state index contributed by atoms with van der Waals surface area (Å²) >= 11 is 0. The summed E-state index contributed by atoms with van der Waals surface area (Å²) in [6.07, 6.45) is 1.91. The summed E-state index contributed by atoms with van der Waals surface area (Å²) in [5.41, 5.74) is 0. The van der Waals surface area contributed by atoms with Crippen LogP contribution >= 0.6 is 0 Å². The monoisotopic (exact) mass is 99.1 g/mol. The predicted octanol–water partition coefficient (Wildman–Crippen LogP) is 1.04. The van der Waals surface area contributed by atoms with Gasteiger partial charge in [0.25, 0.3) is 0 Å². The zero-order chi connectivity index (χ0) is 5.70. The van der Waals surface area contributed by atoms with Crippen molar-refractivity contribution in [3.8, 4) is 0 Å². The molecule has 1 heteroatoms. The van der Waals surface area contributed by atoms with E-state index in [1.807, 2.05) is 0 Å². The van der Waals surface area contributed by atoms with Crippen LogP contribution in [0.5, 0.6) is 0 Å². The van der Waals surface area contributed by atoms with E-state index in [9.17, 15) is 0 Å². The highest BCUT2D eigenvalue weighted by Crippen LogP contribution is 1.85. The van der Waals surface area contributed by atoms with Crippen LogP contribution in [0.4, 0.5) is 0 Å². The zero-order valence-corrected chi connectivity index (χ0v) is 5.15. The van der Waals surface area contributed by atoms with Gasteiger partial charge in [-0.15, -0.1) is 0 Å². The van der Waals surface area contributed by atoms with Crippen LogP contribution in [0, 0.1) is 6.92 Å². The molecule has 0 bridgehead atoms. The van der Waals surface area contributed by atoms with E-state index in [0.29, 0.717) is 0 Å². The fraction of sp³-hybridized carbons (Fsp3) is 0.833. The molecule has 0 atom stereocenters. The average Bonchev–Trinajstić information content (AvgIpc) is 1.61. The molecule has 0 aliphatic carbocycles. The van der Waals surface area contributed by atoms with Crippen LogP contribution in [-0.4, -0.2) is 25.5 Å². The first-order valence-corrected chi connectivity index (χ1v) is 2.62. The first-order valence-electron chi connectivity index (χ1n) is 2.62. The second kappa shape index (κ2) is 4.13. The number of nitrogens with zero attached hydrogens (tertiary/aromatic N) is 1. The van der Waals surface area contributed by atoms with E-state index in [4.69, 9.17) is 6.92 Å². The van der Waals surface area contributed by atoms with Gasteiger partial charge in [-0.3, -0.25) is 0 Å². The quantitative estimate of drug-likeness (QED) is 0.511. The van der Waals surface area contributed by atoms with E-state index < -0.39 is 0 Å². The number of rotatable bonds is 3. The molecule has 0 unspecified atom stereocenters. The van der Waals surface area contributed by atoms with Crippen molar-refractivity contribution in [1.82, 2.24) is 4.90 Å². The SMILES string of the molecule is [CH]CCCN(C)C. The minimum atomic E-state index is 0.804. The molecule has 0 amide bonds. The molecule has 42 valence electrons. The molecular formula is C6H13N. The number of hydrogen-bond acceptors (Lipinski definition) is 1. The van der Waals surface area contributed by atoms with E-state index in [2.05, 4.69) is 19.0 Å². The molecule has 0 rings (SSSR count). The highest BCUT2D eigenvalue weighted by atomic mass is 15.0. The Labute approximate surface area is 46.3 Å². The molecule has 0 saturated carbocycles. The van der Waals surface area contributed by atoms with Crippen molar-refractivity contribution in [1.29, 1.82) is 0 Å². The second-order valence-corrected chi connectivity index (χ2v) is 1.95. The summed E-state index contributed by atoms with van der Waals surface area (Å²) in [4.78, 5) is 2.13. The standard InChI is InChI=1S/C6H13N/c1-4-5-6-7(2)3/h1H,4-6H2,2-3H3. The third-order valence-electron chi connectivity index (χ3n) is 0.809. The lowest BCUT2D eigenvalue weighted by Crippen LogP contribution is -2.12. The maximum absolute atomic E-state index is 5.25. The molecule has 2 radical (unpaired) electrons. The van der Waals surface area contributed by atoms with Gasteiger partial charge in [0.2, 0.25) is 0 Å². The van der Waals surface area contributed by atoms with Crippen molar-refractivity contribution < 1.29 is 0 Å². The summed E-state index contributed by atoms with van der Waals surface area (Å²) in [5, 5.41) is 0. The van der Waals surface area contributed by atoms with Crippen molar-refractivity contribution >= 4 is 0 Å². The molecule has 0 aromatic heterocycles. The molecule has 0 aromatic rings. The van der Waals surface area contributed by atoms with Gasteiger partial charge in [-0.1, -0.05) is 0 Å². The van der Waals surface area contributed by atoms with Crippen LogP contribution in [0.1, 0.15) is 12.8 Å². The lowest BCUT2D eigenvalue weighted by Gasteiger charge is -2.05. The smallest absolute Gasteiger partial charge is 0.00247 e. The van der Waals surface area contributed by atoms with E-state index >= 15 is 0 Å². The van der Waals surface area contributed by atoms with Crippen molar-refractivity contribution in [2.45, 2.75) is 12.8 Å². The van der Waals surface area contributed by atoms with Crippen molar-refractivity contribution in [2.75, 3.05) is 20.6 Å². The number of unbranched alkanes of at least 4 members (excludes halogenated alkanes) is 1. The van der Waals surface area contributed by atoms with Gasteiger partial charge in [0.05, 0.1) is 0 Å². The van der Waals surface area contributed by atoms with E-state index in [1.165, 1.54) is 0 Å². The summed E-state index contributed by atoms with van der Waals surface area (Å²) in [6, 6.07) is 0. The Morgan fingerprint density at radius 2 is 2.00 bits per heavy atom. The van der Waals surface area contributed by atoms with Crippen LogP contribution in [0.3, 0.4) is 0 Å². The molecule has 7 heavy (non-hydrogen) atoms. The average molecular weight is 99.2 g/mol. The van der Waals surface area contributed by atoms with Gasteiger partial charge in [0, 0.05) is 0 Å². The Hall–Kier alpha value is -0.0400. The molecule has 0 aliphatic heterocycles. The Balaban J connectivity index is 2.68. The van der Waals surface area contributed by atoms with Gasteiger partial charge in [-0.2, -0.15) is 0 Å². The van der Waals surface area contributed by atoms with Gasteiger partial charge in [0.15, 0.2) is 0 Å². The van der Waals surface area contributed by atoms with Crippen LogP contribution in [0.25, 0.3) is 0 Å². The number of hydrogen-bond donors (Lipinski definition) is 0. The topological polar surface area (TPSA) is 3.24 Å². The normalized spacial score (nSPS) is 10.3. The van der Waals surface area contributed by atoms with Gasteiger partial charge < -0.3 is 4.90 Å². The Morgan fingerprint density at radius 1 is 1.43 bits per heavy atom. The first kappa shape index (κ1) is 6.96. The van der Waals surface area contributed by atoms with E-state index in [-0.39, 0.29) is 0 Å². The van der Waals surface area contributed by atoms with Gasteiger partial charge in [-0.05, 0) is 40.4 Å². The Bertz CT molecular complexity index is 33.2. The minimum absolute atomic E-state index is 0.804. The first-order chi connectivity index (χ1) is 3.27. The largest absolute Gasteiger partial charge is 0.309 e. The summed E-state index contributed by atoms with van der Waals surface area (Å²) in [7, 11) is 4.10. The Kier molecular flexibility index (Phi) is 4.10. The lowest BCUT2D eigenvalue weighted by molar-refractivity contribution is 0.401. The van der Waals surface area contributed by atoms with Crippen LogP contribution in [-0.2, 0) is 0 Å².